The van der Waals surface area contributed by atoms with Crippen molar-refractivity contribution in [3.63, 3.8) is 0 Å². The fraction of sp³-hybridized carbons (Fsp3) is 0.179. The predicted octanol–water partition coefficient (Wildman–Crippen LogP) is 5.83. The Labute approximate surface area is 238 Å². The van der Waals surface area contributed by atoms with E-state index in [1.54, 1.807) is 48.6 Å². The lowest BCUT2D eigenvalue weighted by molar-refractivity contribution is -0.274. The number of anilines is 1. The lowest BCUT2D eigenvalue weighted by atomic mass is 10.1. The van der Waals surface area contributed by atoms with Gasteiger partial charge in [-0.15, -0.1) is 18.3 Å². The highest BCUT2D eigenvalue weighted by Gasteiger charge is 2.31. The third-order valence-electron chi connectivity index (χ3n) is 5.66. The Morgan fingerprint density at radius 3 is 2.41 bits per heavy atom. The number of hydrogen-bond acceptors (Lipinski definition) is 7. The van der Waals surface area contributed by atoms with Crippen LogP contribution >= 0.6 is 11.8 Å². The monoisotopic (exact) mass is 582 g/mol. The molecule has 0 bridgehead atoms. The number of amidine groups is 2. The SMILES string of the molecule is COc1ccc(N2C(=O)CCS/C2=N/N=C\c2ccc(C(N)=NC=Nc3ccc(OC(F)(F)F)cc3)cc2)c(C)c1. The predicted molar refractivity (Wildman–Crippen MR) is 156 cm³/mol. The quantitative estimate of drug-likeness (QED) is 0.204. The molecule has 41 heavy (non-hydrogen) atoms. The van der Waals surface area contributed by atoms with Crippen LogP contribution in [0.4, 0.5) is 24.5 Å². The van der Waals surface area contributed by atoms with Crippen molar-refractivity contribution in [3.8, 4) is 11.5 Å². The molecular weight excluding hydrogens is 557 g/mol. The number of amides is 1. The summed E-state index contributed by atoms with van der Waals surface area (Å²) in [6, 6.07) is 17.6. The van der Waals surface area contributed by atoms with E-state index in [4.69, 9.17) is 10.5 Å². The number of alkyl halides is 3. The summed E-state index contributed by atoms with van der Waals surface area (Å²) in [5, 5.41) is 8.99. The van der Waals surface area contributed by atoms with Gasteiger partial charge in [0.2, 0.25) is 5.91 Å². The van der Waals surface area contributed by atoms with Crippen LogP contribution in [0.2, 0.25) is 0 Å². The van der Waals surface area contributed by atoms with Gasteiger partial charge in [-0.05, 0) is 60.5 Å². The van der Waals surface area contributed by atoms with Gasteiger partial charge in [0.1, 0.15) is 23.7 Å². The van der Waals surface area contributed by atoms with E-state index < -0.39 is 6.36 Å². The number of nitrogens with zero attached hydrogens (tertiary/aromatic N) is 5. The zero-order valence-corrected chi connectivity index (χ0v) is 22.8. The number of halogens is 3. The average molecular weight is 583 g/mol. The summed E-state index contributed by atoms with van der Waals surface area (Å²) in [6.07, 6.45) is -1.58. The molecule has 0 spiro atoms. The first-order valence-corrected chi connectivity index (χ1v) is 13.1. The second-order valence-electron chi connectivity index (χ2n) is 8.53. The molecule has 3 aromatic rings. The van der Waals surface area contributed by atoms with Crippen LogP contribution in [0.25, 0.3) is 0 Å². The molecule has 0 aliphatic carbocycles. The van der Waals surface area contributed by atoms with Gasteiger partial charge >= 0.3 is 6.36 Å². The highest BCUT2D eigenvalue weighted by molar-refractivity contribution is 8.14. The van der Waals surface area contributed by atoms with Crippen LogP contribution in [0, 0.1) is 6.92 Å². The maximum atomic E-state index is 12.7. The number of benzene rings is 3. The minimum Gasteiger partial charge on any atom is -0.497 e. The van der Waals surface area contributed by atoms with Gasteiger partial charge in [-0.2, -0.15) is 5.10 Å². The zero-order chi connectivity index (χ0) is 29.4. The van der Waals surface area contributed by atoms with Gasteiger partial charge in [0, 0.05) is 17.7 Å². The Morgan fingerprint density at radius 1 is 1.05 bits per heavy atom. The minimum absolute atomic E-state index is 0.0545. The first-order chi connectivity index (χ1) is 19.6. The second-order valence-corrected chi connectivity index (χ2v) is 9.59. The molecule has 1 fully saturated rings. The van der Waals surface area contributed by atoms with Gasteiger partial charge in [0.15, 0.2) is 5.17 Å². The summed E-state index contributed by atoms with van der Waals surface area (Å²) in [6.45, 7) is 1.90. The molecule has 1 aliphatic heterocycles. The van der Waals surface area contributed by atoms with Crippen LogP contribution in [0.1, 0.15) is 23.1 Å². The van der Waals surface area contributed by atoms with Crippen LogP contribution < -0.4 is 20.1 Å². The molecule has 212 valence electrons. The number of thioether (sulfide) groups is 1. The van der Waals surface area contributed by atoms with E-state index in [9.17, 15) is 18.0 Å². The van der Waals surface area contributed by atoms with E-state index >= 15 is 0 Å². The molecule has 9 nitrogen and oxygen atoms in total. The number of aliphatic imine (C=N–C) groups is 2. The van der Waals surface area contributed by atoms with Crippen molar-refractivity contribution in [3.05, 3.63) is 83.4 Å². The summed E-state index contributed by atoms with van der Waals surface area (Å²) >= 11 is 1.45. The number of aryl methyl sites for hydroxylation is 1. The molecule has 13 heteroatoms. The maximum absolute atomic E-state index is 12.7. The molecule has 0 aromatic heterocycles. The van der Waals surface area contributed by atoms with Crippen molar-refractivity contribution >= 4 is 52.6 Å². The molecular formula is C28H25F3N6O3S. The zero-order valence-electron chi connectivity index (χ0n) is 22.0. The largest absolute Gasteiger partial charge is 0.573 e. The van der Waals surface area contributed by atoms with Gasteiger partial charge < -0.3 is 15.2 Å². The molecule has 0 saturated carbocycles. The number of carbonyl (C=O) groups excluding carboxylic acids is 1. The van der Waals surface area contributed by atoms with Crippen molar-refractivity contribution < 1.29 is 27.4 Å². The van der Waals surface area contributed by atoms with E-state index in [-0.39, 0.29) is 17.5 Å². The van der Waals surface area contributed by atoms with E-state index in [1.807, 2.05) is 19.1 Å². The summed E-state index contributed by atoms with van der Waals surface area (Å²) < 4.78 is 45.9. The maximum Gasteiger partial charge on any atom is 0.573 e. The van der Waals surface area contributed by atoms with Crippen LogP contribution in [-0.2, 0) is 4.79 Å². The van der Waals surface area contributed by atoms with Gasteiger partial charge in [-0.3, -0.25) is 9.69 Å². The average Bonchev–Trinajstić information content (AvgIpc) is 2.94. The molecule has 1 amide bonds. The summed E-state index contributed by atoms with van der Waals surface area (Å²) in [4.78, 5) is 22.4. The topological polar surface area (TPSA) is 114 Å². The van der Waals surface area contributed by atoms with Gasteiger partial charge in [-0.1, -0.05) is 36.0 Å². The number of methoxy groups -OCH3 is 1. The van der Waals surface area contributed by atoms with Crippen LogP contribution in [-0.4, -0.2) is 48.7 Å². The Kier molecular flexibility index (Phi) is 9.40. The first kappa shape index (κ1) is 29.3. The molecule has 3 aromatic carbocycles. The lowest BCUT2D eigenvalue weighted by Crippen LogP contribution is -2.39. The van der Waals surface area contributed by atoms with Gasteiger partial charge in [0.25, 0.3) is 0 Å². The molecule has 4 rings (SSSR count). The van der Waals surface area contributed by atoms with Crippen molar-refractivity contribution in [2.45, 2.75) is 19.7 Å². The van der Waals surface area contributed by atoms with Crippen molar-refractivity contribution in [1.82, 2.24) is 0 Å². The number of ether oxygens (including phenoxy) is 2. The fourth-order valence-electron chi connectivity index (χ4n) is 3.68. The fourth-order valence-corrected chi connectivity index (χ4v) is 4.57. The number of nitrogens with two attached hydrogens (primary N) is 1. The summed E-state index contributed by atoms with van der Waals surface area (Å²) in [7, 11) is 1.59. The standard InChI is InChI=1S/C28H25F3N6O3S/c1-18-15-23(39-2)11-12-24(18)37-25(38)13-14-41-27(37)36-35-16-19-3-5-20(6-4-19)26(32)34-17-33-21-7-9-22(10-8-21)40-28(29,30)31/h3-12,15-17H,13-14H2,1-2H3,(H2,32,33,34)/b35-16-,36-27+. The Bertz CT molecular complexity index is 1500. The molecule has 0 unspecified atom stereocenters. The van der Waals surface area contributed by atoms with Gasteiger partial charge in [-0.25, -0.2) is 9.98 Å². The Morgan fingerprint density at radius 2 is 1.76 bits per heavy atom. The smallest absolute Gasteiger partial charge is 0.497 e. The van der Waals surface area contributed by atoms with Gasteiger partial charge in [0.05, 0.1) is 24.7 Å². The van der Waals surface area contributed by atoms with E-state index in [0.29, 0.717) is 34.3 Å². The molecule has 0 atom stereocenters. The number of hydrogen-bond donors (Lipinski definition) is 1. The molecule has 1 saturated heterocycles. The van der Waals surface area contributed by atoms with Crippen molar-refractivity contribution in [2.75, 3.05) is 17.8 Å². The highest BCUT2D eigenvalue weighted by Crippen LogP contribution is 2.31. The highest BCUT2D eigenvalue weighted by atomic mass is 32.2. The first-order valence-electron chi connectivity index (χ1n) is 12.2. The second kappa shape index (κ2) is 13.1. The van der Waals surface area contributed by atoms with E-state index in [0.717, 1.165) is 28.9 Å². The van der Waals surface area contributed by atoms with Crippen LogP contribution in [0.15, 0.2) is 86.9 Å². The van der Waals surface area contributed by atoms with E-state index in [2.05, 4.69) is 24.9 Å². The normalized spacial score (nSPS) is 15.7. The van der Waals surface area contributed by atoms with Crippen molar-refractivity contribution in [1.29, 1.82) is 0 Å². The number of carbonyl (C=O) groups is 1. The minimum atomic E-state index is -4.76. The third kappa shape index (κ3) is 8.18. The Hall–Kier alpha value is -4.65. The molecule has 1 aliphatic rings. The summed E-state index contributed by atoms with van der Waals surface area (Å²) in [5.74, 6) is 1.12. The Balaban J connectivity index is 1.40. The third-order valence-corrected chi connectivity index (χ3v) is 6.59. The van der Waals surface area contributed by atoms with Crippen LogP contribution in [0.3, 0.4) is 0 Å². The van der Waals surface area contributed by atoms with E-state index in [1.165, 1.54) is 30.2 Å². The molecule has 1 heterocycles. The van der Waals surface area contributed by atoms with Crippen molar-refractivity contribution in [2.24, 2.45) is 25.9 Å². The molecule has 0 radical (unpaired) electrons. The number of rotatable bonds is 8. The summed E-state index contributed by atoms with van der Waals surface area (Å²) in [5.41, 5.74) is 9.39. The lowest BCUT2D eigenvalue weighted by Gasteiger charge is -2.28. The van der Waals surface area contributed by atoms with Crippen LogP contribution in [0.5, 0.6) is 11.5 Å². The molecule has 2 N–H and O–H groups in total.